The molecule has 2 rings (SSSR count). The molecule has 0 saturated heterocycles. The Morgan fingerprint density at radius 2 is 2.42 bits per heavy atom. The average Bonchev–Trinajstić information content (AvgIpc) is 2.49. The first-order chi connectivity index (χ1) is 5.79. The van der Waals surface area contributed by atoms with Crippen molar-refractivity contribution >= 4 is 0 Å². The lowest BCUT2D eigenvalue weighted by atomic mass is 9.95. The molecule has 3 heteroatoms. The van der Waals surface area contributed by atoms with Crippen molar-refractivity contribution in [3.05, 3.63) is 17.7 Å². The normalized spacial score (nSPS) is 22.8. The third-order valence-corrected chi connectivity index (χ3v) is 2.59. The van der Waals surface area contributed by atoms with Crippen molar-refractivity contribution < 1.29 is 0 Å². The molecule has 1 atom stereocenters. The van der Waals surface area contributed by atoms with Gasteiger partial charge in [0, 0.05) is 5.69 Å². The van der Waals surface area contributed by atoms with Gasteiger partial charge in [0.25, 0.3) is 0 Å². The van der Waals surface area contributed by atoms with Gasteiger partial charge >= 0.3 is 0 Å². The molecular weight excluding hydrogens is 150 g/mol. The largest absolute Gasteiger partial charge is 0.348 e. The van der Waals surface area contributed by atoms with Crippen LogP contribution >= 0.6 is 0 Å². The Labute approximate surface area is 72.8 Å². The van der Waals surface area contributed by atoms with Crippen molar-refractivity contribution in [2.75, 3.05) is 14.1 Å². The Morgan fingerprint density at radius 3 is 3.17 bits per heavy atom. The molecule has 0 saturated carbocycles. The third-order valence-electron chi connectivity index (χ3n) is 2.59. The first-order valence-corrected chi connectivity index (χ1v) is 4.47. The standard InChI is InChI=1S/C9H15N3/c1-12(2)8-5-3-4-7-9(8)11-6-10-7/h6,8H,3-5H2,1-2H3,(H,10,11)/t8-/m1/s1. The Bertz CT molecular complexity index is 264. The van der Waals surface area contributed by atoms with Crippen LogP contribution in [0.15, 0.2) is 6.33 Å². The van der Waals surface area contributed by atoms with Crippen LogP contribution in [0.5, 0.6) is 0 Å². The molecule has 1 aliphatic carbocycles. The lowest BCUT2D eigenvalue weighted by Gasteiger charge is -2.27. The molecule has 12 heavy (non-hydrogen) atoms. The molecule has 0 spiro atoms. The van der Waals surface area contributed by atoms with Gasteiger partial charge in [-0.25, -0.2) is 4.98 Å². The zero-order chi connectivity index (χ0) is 8.55. The molecule has 1 aromatic rings. The van der Waals surface area contributed by atoms with E-state index in [1.165, 1.54) is 30.7 Å². The smallest absolute Gasteiger partial charge is 0.0925 e. The highest BCUT2D eigenvalue weighted by atomic mass is 15.1. The fourth-order valence-corrected chi connectivity index (χ4v) is 1.93. The van der Waals surface area contributed by atoms with Gasteiger partial charge in [0.15, 0.2) is 0 Å². The maximum atomic E-state index is 4.36. The van der Waals surface area contributed by atoms with E-state index in [1.807, 2.05) is 6.33 Å². The van der Waals surface area contributed by atoms with Crippen LogP contribution in [0.1, 0.15) is 30.3 Å². The summed E-state index contributed by atoms with van der Waals surface area (Å²) in [6, 6.07) is 0.528. The predicted octanol–water partition coefficient (Wildman–Crippen LogP) is 1.35. The number of rotatable bonds is 1. The molecule has 0 aromatic carbocycles. The summed E-state index contributed by atoms with van der Waals surface area (Å²) < 4.78 is 0. The van der Waals surface area contributed by atoms with Crippen molar-refractivity contribution in [1.29, 1.82) is 0 Å². The first kappa shape index (κ1) is 7.80. The minimum absolute atomic E-state index is 0.528. The first-order valence-electron chi connectivity index (χ1n) is 4.47. The molecule has 1 aliphatic rings. The highest BCUT2D eigenvalue weighted by molar-refractivity contribution is 5.18. The summed E-state index contributed by atoms with van der Waals surface area (Å²) in [4.78, 5) is 9.82. The van der Waals surface area contributed by atoms with Crippen LogP contribution in [0.4, 0.5) is 0 Å². The van der Waals surface area contributed by atoms with Crippen LogP contribution in [-0.2, 0) is 6.42 Å². The van der Waals surface area contributed by atoms with Gasteiger partial charge in [-0.15, -0.1) is 0 Å². The van der Waals surface area contributed by atoms with Gasteiger partial charge in [0.2, 0.25) is 0 Å². The highest BCUT2D eigenvalue weighted by Crippen LogP contribution is 2.29. The molecule has 0 fully saturated rings. The lowest BCUT2D eigenvalue weighted by molar-refractivity contribution is 0.263. The summed E-state index contributed by atoms with van der Waals surface area (Å²) in [5, 5.41) is 0. The van der Waals surface area contributed by atoms with E-state index in [0.29, 0.717) is 6.04 Å². The maximum absolute atomic E-state index is 4.36. The molecule has 66 valence electrons. The number of fused-ring (bicyclic) bond motifs is 1. The molecule has 0 bridgehead atoms. The van der Waals surface area contributed by atoms with Crippen molar-refractivity contribution in [3.8, 4) is 0 Å². The molecule has 1 aromatic heterocycles. The molecule has 1 heterocycles. The van der Waals surface area contributed by atoms with Crippen molar-refractivity contribution in [2.24, 2.45) is 0 Å². The van der Waals surface area contributed by atoms with Gasteiger partial charge in [0.05, 0.1) is 18.1 Å². The number of H-pyrrole nitrogens is 1. The van der Waals surface area contributed by atoms with E-state index in [-0.39, 0.29) is 0 Å². The fourth-order valence-electron chi connectivity index (χ4n) is 1.93. The number of aryl methyl sites for hydroxylation is 1. The van der Waals surface area contributed by atoms with Gasteiger partial charge < -0.3 is 9.88 Å². The molecule has 0 unspecified atom stereocenters. The van der Waals surface area contributed by atoms with Crippen LogP contribution in [0.2, 0.25) is 0 Å². The van der Waals surface area contributed by atoms with Crippen LogP contribution in [-0.4, -0.2) is 29.0 Å². The highest BCUT2D eigenvalue weighted by Gasteiger charge is 2.23. The second-order valence-corrected chi connectivity index (χ2v) is 3.64. The van der Waals surface area contributed by atoms with Crippen LogP contribution in [0.3, 0.4) is 0 Å². The zero-order valence-corrected chi connectivity index (χ0v) is 7.67. The lowest BCUT2D eigenvalue weighted by Crippen LogP contribution is -2.24. The van der Waals surface area contributed by atoms with Crippen LogP contribution in [0, 0.1) is 0 Å². The Morgan fingerprint density at radius 1 is 1.58 bits per heavy atom. The summed E-state index contributed by atoms with van der Waals surface area (Å²) in [6.45, 7) is 0. The molecular formula is C9H15N3. The zero-order valence-electron chi connectivity index (χ0n) is 7.67. The quantitative estimate of drug-likeness (QED) is 0.681. The number of aromatic nitrogens is 2. The Balaban J connectivity index is 2.31. The average molecular weight is 165 g/mol. The minimum atomic E-state index is 0.528. The number of nitrogens with one attached hydrogen (secondary N) is 1. The van der Waals surface area contributed by atoms with Gasteiger partial charge in [-0.3, -0.25) is 0 Å². The monoisotopic (exact) mass is 165 g/mol. The van der Waals surface area contributed by atoms with E-state index < -0.39 is 0 Å². The summed E-state index contributed by atoms with van der Waals surface area (Å²) in [5.41, 5.74) is 2.59. The maximum Gasteiger partial charge on any atom is 0.0925 e. The third kappa shape index (κ3) is 1.14. The molecule has 0 aliphatic heterocycles. The van der Waals surface area contributed by atoms with Crippen molar-refractivity contribution in [3.63, 3.8) is 0 Å². The van der Waals surface area contributed by atoms with Crippen molar-refractivity contribution in [1.82, 2.24) is 14.9 Å². The second-order valence-electron chi connectivity index (χ2n) is 3.64. The number of nitrogens with zero attached hydrogens (tertiary/aromatic N) is 2. The molecule has 1 N–H and O–H groups in total. The van der Waals surface area contributed by atoms with E-state index >= 15 is 0 Å². The van der Waals surface area contributed by atoms with E-state index in [0.717, 1.165) is 0 Å². The minimum Gasteiger partial charge on any atom is -0.348 e. The van der Waals surface area contributed by atoms with E-state index in [2.05, 4.69) is 29.0 Å². The van der Waals surface area contributed by atoms with E-state index in [4.69, 9.17) is 0 Å². The molecule has 0 radical (unpaired) electrons. The fraction of sp³-hybridized carbons (Fsp3) is 0.667. The summed E-state index contributed by atoms with van der Waals surface area (Å²) in [6.07, 6.45) is 5.50. The van der Waals surface area contributed by atoms with Crippen LogP contribution in [0.25, 0.3) is 0 Å². The Kier molecular flexibility index (Phi) is 1.89. The molecule has 0 amide bonds. The van der Waals surface area contributed by atoms with E-state index in [1.54, 1.807) is 0 Å². The van der Waals surface area contributed by atoms with Gasteiger partial charge in [-0.1, -0.05) is 0 Å². The van der Waals surface area contributed by atoms with Crippen LogP contribution < -0.4 is 0 Å². The van der Waals surface area contributed by atoms with Gasteiger partial charge in [-0.2, -0.15) is 0 Å². The second kappa shape index (κ2) is 2.90. The predicted molar refractivity (Wildman–Crippen MR) is 48.0 cm³/mol. The number of imidazole rings is 1. The number of hydrogen-bond acceptors (Lipinski definition) is 2. The van der Waals surface area contributed by atoms with Gasteiger partial charge in [0.1, 0.15) is 0 Å². The summed E-state index contributed by atoms with van der Waals surface area (Å²) in [7, 11) is 4.24. The SMILES string of the molecule is CN(C)[C@@H]1CCCc2[nH]cnc21. The summed E-state index contributed by atoms with van der Waals surface area (Å²) in [5.74, 6) is 0. The topological polar surface area (TPSA) is 31.9 Å². The molecule has 3 nitrogen and oxygen atoms in total. The van der Waals surface area contributed by atoms with Gasteiger partial charge in [-0.05, 0) is 33.4 Å². The van der Waals surface area contributed by atoms with Crippen molar-refractivity contribution in [2.45, 2.75) is 25.3 Å². The number of hydrogen-bond donors (Lipinski definition) is 1. The summed E-state index contributed by atoms with van der Waals surface area (Å²) >= 11 is 0. The van der Waals surface area contributed by atoms with E-state index in [9.17, 15) is 0 Å². The number of aromatic amines is 1. The Hall–Kier alpha value is -0.830.